The van der Waals surface area contributed by atoms with Crippen molar-refractivity contribution in [3.63, 3.8) is 0 Å². The van der Waals surface area contributed by atoms with Crippen LogP contribution in [0.3, 0.4) is 0 Å². The highest BCUT2D eigenvalue weighted by atomic mass is 16.4. The number of carboxylic acids is 1. The zero-order valence-electron chi connectivity index (χ0n) is 11.3. The molecule has 1 fully saturated rings. The van der Waals surface area contributed by atoms with E-state index in [1.807, 2.05) is 6.92 Å². The lowest BCUT2D eigenvalue weighted by molar-refractivity contribution is -0.141. The van der Waals surface area contributed by atoms with E-state index in [2.05, 4.69) is 5.32 Å². The Morgan fingerprint density at radius 1 is 1.47 bits per heavy atom. The van der Waals surface area contributed by atoms with E-state index in [1.165, 1.54) is 6.92 Å². The molecule has 0 aromatic rings. The quantitative estimate of drug-likeness (QED) is 0.559. The van der Waals surface area contributed by atoms with Crippen molar-refractivity contribution in [1.82, 2.24) is 10.2 Å². The summed E-state index contributed by atoms with van der Waals surface area (Å²) in [6, 6.07) is -0.343. The van der Waals surface area contributed by atoms with Gasteiger partial charge in [-0.2, -0.15) is 0 Å². The lowest BCUT2D eigenvalue weighted by atomic mass is 9.97. The number of aliphatic carboxylic acids is 1. The van der Waals surface area contributed by atoms with Crippen molar-refractivity contribution in [2.24, 2.45) is 5.92 Å². The smallest absolute Gasteiger partial charge is 0.317 e. The Bertz CT molecular complexity index is 345. The molecule has 0 aromatic carbocycles. The monoisotopic (exact) mass is 274 g/mol. The first kappa shape index (κ1) is 15.7. The summed E-state index contributed by atoms with van der Waals surface area (Å²) in [4.78, 5) is 24.0. The summed E-state index contributed by atoms with van der Waals surface area (Å²) in [6.45, 7) is 4.02. The molecule has 4 N–H and O–H groups in total. The molecule has 7 nitrogen and oxygen atoms in total. The van der Waals surface area contributed by atoms with Gasteiger partial charge in [-0.3, -0.25) is 4.79 Å². The number of nitrogens with one attached hydrogen (secondary N) is 1. The molecule has 0 aliphatic carbocycles. The number of carboxylic acid groups (broad SMARTS) is 1. The Kier molecular flexibility index (Phi) is 5.13. The fourth-order valence-corrected chi connectivity index (χ4v) is 2.08. The van der Waals surface area contributed by atoms with Gasteiger partial charge in [-0.25, -0.2) is 4.79 Å². The number of urea groups is 1. The number of likely N-dealkylation sites (tertiary alicyclic amines) is 1. The van der Waals surface area contributed by atoms with Crippen LogP contribution in [-0.2, 0) is 4.79 Å². The molecule has 0 radical (unpaired) electrons. The molecule has 0 saturated carbocycles. The molecule has 1 heterocycles. The van der Waals surface area contributed by atoms with E-state index < -0.39 is 18.0 Å². The molecule has 0 spiro atoms. The number of hydrogen-bond donors (Lipinski definition) is 4. The summed E-state index contributed by atoms with van der Waals surface area (Å²) in [7, 11) is 0. The number of aliphatic hydroxyl groups excluding tert-OH is 1. The largest absolute Gasteiger partial charge is 0.481 e. The number of carbonyl (C=O) groups is 2. The second kappa shape index (κ2) is 6.21. The van der Waals surface area contributed by atoms with Crippen molar-refractivity contribution >= 4 is 12.0 Å². The molecule has 3 atom stereocenters. The van der Waals surface area contributed by atoms with E-state index in [0.717, 1.165) is 0 Å². The lowest BCUT2D eigenvalue weighted by Gasteiger charge is -2.35. The summed E-state index contributed by atoms with van der Waals surface area (Å²) >= 11 is 0. The van der Waals surface area contributed by atoms with Gasteiger partial charge >= 0.3 is 12.0 Å². The number of rotatable bonds is 4. The molecule has 2 amide bonds. The van der Waals surface area contributed by atoms with Gasteiger partial charge in [0.25, 0.3) is 0 Å². The van der Waals surface area contributed by atoms with Crippen molar-refractivity contribution in [2.45, 2.75) is 38.4 Å². The highest BCUT2D eigenvalue weighted by Gasteiger charge is 2.29. The minimum atomic E-state index is -1.47. The molecule has 1 aliphatic rings. The van der Waals surface area contributed by atoms with Crippen LogP contribution in [-0.4, -0.2) is 63.6 Å². The van der Waals surface area contributed by atoms with Gasteiger partial charge in [0.2, 0.25) is 0 Å². The number of carbonyl (C=O) groups excluding carboxylic acids is 1. The van der Waals surface area contributed by atoms with Crippen molar-refractivity contribution in [3.8, 4) is 0 Å². The molecule has 1 saturated heterocycles. The van der Waals surface area contributed by atoms with E-state index in [0.29, 0.717) is 19.5 Å². The molecule has 0 aromatic heterocycles. The molecule has 19 heavy (non-hydrogen) atoms. The Balaban J connectivity index is 2.41. The van der Waals surface area contributed by atoms with Crippen molar-refractivity contribution in [3.05, 3.63) is 0 Å². The predicted octanol–water partition coefficient (Wildman–Crippen LogP) is -0.376. The first-order valence-corrected chi connectivity index (χ1v) is 6.36. The van der Waals surface area contributed by atoms with Crippen molar-refractivity contribution in [2.75, 3.05) is 19.6 Å². The van der Waals surface area contributed by atoms with Gasteiger partial charge in [-0.1, -0.05) is 6.92 Å². The van der Waals surface area contributed by atoms with Crippen LogP contribution in [0.5, 0.6) is 0 Å². The fraction of sp³-hybridized carbons (Fsp3) is 0.833. The fourth-order valence-electron chi connectivity index (χ4n) is 2.08. The average molecular weight is 274 g/mol. The number of nitrogens with zero attached hydrogens (tertiary/aromatic N) is 1. The van der Waals surface area contributed by atoms with Gasteiger partial charge in [0.15, 0.2) is 0 Å². The summed E-state index contributed by atoms with van der Waals surface area (Å²) in [6.07, 6.45) is -0.290. The van der Waals surface area contributed by atoms with Gasteiger partial charge in [-0.05, 0) is 19.3 Å². The van der Waals surface area contributed by atoms with Crippen LogP contribution in [0.4, 0.5) is 4.79 Å². The van der Waals surface area contributed by atoms with Crippen LogP contribution in [0.2, 0.25) is 0 Å². The standard InChI is InChI=1S/C12H22N2O5/c1-8-6-14(4-3-9(8)15)11(18)13-7-12(2,19)5-10(16)17/h8-9,15,19H,3-7H2,1-2H3,(H,13,18)(H,16,17). The van der Waals surface area contributed by atoms with Crippen LogP contribution in [0, 0.1) is 5.92 Å². The third kappa shape index (κ3) is 5.04. The minimum absolute atomic E-state index is 0.0130. The summed E-state index contributed by atoms with van der Waals surface area (Å²) in [5, 5.41) is 30.5. The number of amides is 2. The third-order valence-electron chi connectivity index (χ3n) is 3.30. The number of piperidine rings is 1. The normalized spacial score (nSPS) is 26.6. The Morgan fingerprint density at radius 3 is 2.63 bits per heavy atom. The number of hydrogen-bond acceptors (Lipinski definition) is 4. The van der Waals surface area contributed by atoms with Crippen LogP contribution in [0.1, 0.15) is 26.7 Å². The maximum atomic E-state index is 11.9. The van der Waals surface area contributed by atoms with Gasteiger partial charge < -0.3 is 25.5 Å². The van der Waals surface area contributed by atoms with Crippen LogP contribution in [0.15, 0.2) is 0 Å². The summed E-state index contributed by atoms with van der Waals surface area (Å²) in [5.74, 6) is -1.10. The molecular weight excluding hydrogens is 252 g/mol. The molecule has 7 heteroatoms. The zero-order valence-corrected chi connectivity index (χ0v) is 11.3. The van der Waals surface area contributed by atoms with E-state index >= 15 is 0 Å². The van der Waals surface area contributed by atoms with Crippen LogP contribution in [0.25, 0.3) is 0 Å². The van der Waals surface area contributed by atoms with E-state index in [1.54, 1.807) is 4.90 Å². The van der Waals surface area contributed by atoms with Crippen molar-refractivity contribution in [1.29, 1.82) is 0 Å². The van der Waals surface area contributed by atoms with E-state index in [9.17, 15) is 19.8 Å². The first-order valence-electron chi connectivity index (χ1n) is 6.36. The second-order valence-corrected chi connectivity index (χ2v) is 5.51. The molecule has 1 rings (SSSR count). The highest BCUT2D eigenvalue weighted by Crippen LogP contribution is 2.16. The average Bonchev–Trinajstić information content (AvgIpc) is 2.28. The number of aliphatic hydroxyl groups is 2. The van der Waals surface area contributed by atoms with E-state index in [-0.39, 0.29) is 24.6 Å². The van der Waals surface area contributed by atoms with Crippen LogP contribution < -0.4 is 5.32 Å². The van der Waals surface area contributed by atoms with Gasteiger partial charge in [0, 0.05) is 19.6 Å². The van der Waals surface area contributed by atoms with Gasteiger partial charge in [0.1, 0.15) is 0 Å². The predicted molar refractivity (Wildman–Crippen MR) is 67.6 cm³/mol. The minimum Gasteiger partial charge on any atom is -0.481 e. The van der Waals surface area contributed by atoms with E-state index in [4.69, 9.17) is 5.11 Å². The zero-order chi connectivity index (χ0) is 14.6. The maximum Gasteiger partial charge on any atom is 0.317 e. The molecule has 110 valence electrons. The molecule has 1 aliphatic heterocycles. The van der Waals surface area contributed by atoms with Crippen molar-refractivity contribution < 1.29 is 24.9 Å². The molecule has 0 bridgehead atoms. The molecular formula is C12H22N2O5. The Morgan fingerprint density at radius 2 is 2.11 bits per heavy atom. The summed E-state index contributed by atoms with van der Waals surface area (Å²) < 4.78 is 0. The first-order chi connectivity index (χ1) is 8.71. The highest BCUT2D eigenvalue weighted by molar-refractivity contribution is 5.74. The Labute approximate surface area is 112 Å². The molecule has 3 unspecified atom stereocenters. The van der Waals surface area contributed by atoms with Crippen LogP contribution >= 0.6 is 0 Å². The maximum absolute atomic E-state index is 11.9. The lowest BCUT2D eigenvalue weighted by Crippen LogP contribution is -2.52. The van der Waals surface area contributed by atoms with Gasteiger partial charge in [-0.15, -0.1) is 0 Å². The topological polar surface area (TPSA) is 110 Å². The summed E-state index contributed by atoms with van der Waals surface area (Å²) in [5.41, 5.74) is -1.47. The third-order valence-corrected chi connectivity index (χ3v) is 3.30. The second-order valence-electron chi connectivity index (χ2n) is 5.51. The van der Waals surface area contributed by atoms with Gasteiger partial charge in [0.05, 0.1) is 18.1 Å². The SMILES string of the molecule is CC1CN(C(=O)NCC(C)(O)CC(=O)O)CCC1O. The Hall–Kier alpha value is -1.34.